The van der Waals surface area contributed by atoms with Gasteiger partial charge in [0, 0.05) is 0 Å². The van der Waals surface area contributed by atoms with Gasteiger partial charge >= 0.3 is 16.8 Å². The van der Waals surface area contributed by atoms with Gasteiger partial charge in [0.1, 0.15) is 0 Å². The Morgan fingerprint density at radius 1 is 0.440 bits per heavy atom. The third-order valence-electron chi connectivity index (χ3n) is 4.90. The molecular formula is C20H48CoN2Si2. The molecule has 0 bridgehead atoms. The summed E-state index contributed by atoms with van der Waals surface area (Å²) in [7, 11) is -2.83. The van der Waals surface area contributed by atoms with Crippen molar-refractivity contribution < 1.29 is 16.8 Å². The zero-order valence-electron chi connectivity index (χ0n) is 20.2. The molecule has 0 rings (SSSR count). The minimum Gasteiger partial charge on any atom is -0.659 e. The first-order valence-corrected chi connectivity index (χ1v) is 15.3. The van der Waals surface area contributed by atoms with Crippen molar-refractivity contribution in [3.8, 4) is 0 Å². The Hall–Kier alpha value is 0.860. The van der Waals surface area contributed by atoms with Gasteiger partial charge < -0.3 is 9.96 Å². The molecule has 155 valence electrons. The Labute approximate surface area is 173 Å². The summed E-state index contributed by atoms with van der Waals surface area (Å²) in [5, 5.41) is 0.751. The largest absolute Gasteiger partial charge is 2.00 e. The molecule has 0 aromatic carbocycles. The fourth-order valence-corrected chi connectivity index (χ4v) is 6.04. The molecule has 0 saturated carbocycles. The fraction of sp³-hybridized carbons (Fsp3) is 1.00. The van der Waals surface area contributed by atoms with Gasteiger partial charge in [0.05, 0.1) is 0 Å². The molecule has 2 nitrogen and oxygen atoms in total. The molecule has 0 aliphatic rings. The van der Waals surface area contributed by atoms with E-state index in [0.717, 1.165) is 0 Å². The molecule has 25 heavy (non-hydrogen) atoms. The van der Waals surface area contributed by atoms with Crippen LogP contribution in [0.25, 0.3) is 9.96 Å². The Morgan fingerprint density at radius 3 is 0.640 bits per heavy atom. The topological polar surface area (TPSA) is 28.2 Å². The van der Waals surface area contributed by atoms with Crippen molar-refractivity contribution in [3.63, 3.8) is 0 Å². The van der Waals surface area contributed by atoms with Crippen LogP contribution in [-0.2, 0) is 16.8 Å². The van der Waals surface area contributed by atoms with Gasteiger partial charge in [-0.15, -0.1) is 11.1 Å². The Bertz CT molecular complexity index is 340. The van der Waals surface area contributed by atoms with Gasteiger partial charge in [-0.05, 0) is 0 Å². The molecule has 0 aromatic rings. The van der Waals surface area contributed by atoms with Gasteiger partial charge in [-0.2, -0.15) is 0 Å². The molecule has 0 N–H and O–H groups in total. The molecule has 0 heterocycles. The van der Waals surface area contributed by atoms with Gasteiger partial charge in [0.2, 0.25) is 0 Å². The number of rotatable bonds is 2. The van der Waals surface area contributed by atoms with Crippen LogP contribution in [0.5, 0.6) is 0 Å². The zero-order chi connectivity index (χ0) is 20.4. The van der Waals surface area contributed by atoms with Gasteiger partial charge in [0.15, 0.2) is 0 Å². The van der Waals surface area contributed by atoms with Crippen LogP contribution in [0.15, 0.2) is 0 Å². The van der Waals surface area contributed by atoms with E-state index in [-0.39, 0.29) is 27.9 Å². The zero-order valence-corrected chi connectivity index (χ0v) is 23.3. The van der Waals surface area contributed by atoms with E-state index in [1.165, 1.54) is 0 Å². The predicted molar refractivity (Wildman–Crippen MR) is 121 cm³/mol. The summed E-state index contributed by atoms with van der Waals surface area (Å²) in [4.78, 5) is 9.90. The maximum atomic E-state index is 4.95. The minimum atomic E-state index is -1.42. The average molecular weight is 432 g/mol. The molecule has 0 spiro atoms. The van der Waals surface area contributed by atoms with E-state index in [0.29, 0.717) is 10.1 Å². The van der Waals surface area contributed by atoms with Crippen molar-refractivity contribution in [2.24, 2.45) is 0 Å². The summed E-state index contributed by atoms with van der Waals surface area (Å²) in [6.07, 6.45) is 0. The molecule has 0 atom stereocenters. The summed E-state index contributed by atoms with van der Waals surface area (Å²) in [6.45, 7) is 36.3. The molecule has 0 aliphatic carbocycles. The van der Waals surface area contributed by atoms with E-state index in [4.69, 9.17) is 9.96 Å². The average Bonchev–Trinajstić information content (AvgIpc) is 2.05. The van der Waals surface area contributed by atoms with Crippen molar-refractivity contribution >= 4 is 16.5 Å². The maximum absolute atomic E-state index is 4.95. The van der Waals surface area contributed by atoms with Crippen molar-refractivity contribution in [1.29, 1.82) is 0 Å². The second-order valence-corrected chi connectivity index (χ2v) is 21.9. The third kappa shape index (κ3) is 13.6. The summed E-state index contributed by atoms with van der Waals surface area (Å²) in [5.41, 5.74) is 0.256. The van der Waals surface area contributed by atoms with E-state index >= 15 is 0 Å². The van der Waals surface area contributed by atoms with Gasteiger partial charge in [0.25, 0.3) is 0 Å². The SMILES string of the molecule is CC(C)(C)[N-][Si](C)(C)C(C)(C)C.CC(C)(C)[N-][Si](C)(C)C(C)(C)C.[Co+2]. The van der Waals surface area contributed by atoms with Crippen LogP contribution in [-0.4, -0.2) is 27.5 Å². The molecule has 0 amide bonds. The molecule has 0 saturated heterocycles. The van der Waals surface area contributed by atoms with Crippen LogP contribution in [0.1, 0.15) is 83.1 Å². The van der Waals surface area contributed by atoms with E-state index in [9.17, 15) is 0 Å². The molecule has 0 aromatic heterocycles. The Balaban J connectivity index is -0.000000372. The molecule has 5 heteroatoms. The normalized spacial score (nSPS) is 14.4. The van der Waals surface area contributed by atoms with E-state index in [1.807, 2.05) is 0 Å². The summed E-state index contributed by atoms with van der Waals surface area (Å²) in [5.74, 6) is 0. The molecule has 0 unspecified atom stereocenters. The maximum Gasteiger partial charge on any atom is 2.00 e. The van der Waals surface area contributed by atoms with Crippen LogP contribution < -0.4 is 0 Å². The number of hydrogen-bond donors (Lipinski definition) is 0. The second kappa shape index (κ2) is 9.37. The van der Waals surface area contributed by atoms with E-state index in [2.05, 4.69) is 109 Å². The van der Waals surface area contributed by atoms with Crippen LogP contribution in [0.3, 0.4) is 0 Å². The Kier molecular flexibility index (Phi) is 11.5. The molecule has 0 fully saturated rings. The fourth-order valence-electron chi connectivity index (χ4n) is 2.01. The van der Waals surface area contributed by atoms with Crippen molar-refractivity contribution in [3.05, 3.63) is 9.96 Å². The number of nitrogens with zero attached hydrogens (tertiary/aromatic N) is 2. The van der Waals surface area contributed by atoms with Gasteiger partial charge in [-0.25, -0.2) is 0 Å². The first kappa shape index (κ1) is 30.6. The number of hydrogen-bond acceptors (Lipinski definition) is 0. The monoisotopic (exact) mass is 431 g/mol. The standard InChI is InChI=1S/2C10H24NSi.Co/c2*1-9(2,3)11-12(7,8)10(4,5)6;/h2*1-8H3;/q2*-1;+2. The second-order valence-electron chi connectivity index (χ2n) is 12.2. The summed E-state index contributed by atoms with van der Waals surface area (Å²) in [6, 6.07) is 0. The summed E-state index contributed by atoms with van der Waals surface area (Å²) >= 11 is 0. The first-order chi connectivity index (χ1) is 9.91. The minimum absolute atomic E-state index is 0. The van der Waals surface area contributed by atoms with Crippen LogP contribution in [0.2, 0.25) is 36.3 Å². The quantitative estimate of drug-likeness (QED) is 0.393. The van der Waals surface area contributed by atoms with Gasteiger partial charge in [-0.3, -0.25) is 0 Å². The van der Waals surface area contributed by atoms with Gasteiger partial charge in [-0.1, -0.05) is 136 Å². The molecule has 1 radical (unpaired) electrons. The first-order valence-electron chi connectivity index (χ1n) is 9.39. The smallest absolute Gasteiger partial charge is 0.659 e. The molecular weight excluding hydrogens is 383 g/mol. The Morgan fingerprint density at radius 2 is 0.600 bits per heavy atom. The van der Waals surface area contributed by atoms with E-state index in [1.54, 1.807) is 0 Å². The van der Waals surface area contributed by atoms with Crippen LogP contribution >= 0.6 is 0 Å². The van der Waals surface area contributed by atoms with E-state index < -0.39 is 16.5 Å². The van der Waals surface area contributed by atoms with Crippen molar-refractivity contribution in [1.82, 2.24) is 0 Å². The molecule has 0 aliphatic heterocycles. The van der Waals surface area contributed by atoms with Crippen molar-refractivity contribution in [2.45, 2.75) is 130 Å². The summed E-state index contributed by atoms with van der Waals surface area (Å²) < 4.78 is 0. The predicted octanol–water partition coefficient (Wildman–Crippen LogP) is 8.33. The third-order valence-corrected chi connectivity index (χ3v) is 14.7. The van der Waals surface area contributed by atoms with Crippen LogP contribution in [0, 0.1) is 0 Å². The van der Waals surface area contributed by atoms with Crippen molar-refractivity contribution in [2.75, 3.05) is 0 Å². The van der Waals surface area contributed by atoms with Crippen LogP contribution in [0.4, 0.5) is 0 Å².